The van der Waals surface area contributed by atoms with Gasteiger partial charge >= 0.3 is 0 Å². The first-order valence-electron chi connectivity index (χ1n) is 10.6. The van der Waals surface area contributed by atoms with Gasteiger partial charge in [-0.1, -0.05) is 30.3 Å². The van der Waals surface area contributed by atoms with E-state index in [2.05, 4.69) is 49.9 Å². The maximum absolute atomic E-state index is 10.8. The lowest BCUT2D eigenvalue weighted by atomic mass is 10.0. The highest BCUT2D eigenvalue weighted by Gasteiger charge is 2.25. The van der Waals surface area contributed by atoms with Gasteiger partial charge in [0, 0.05) is 45.0 Å². The lowest BCUT2D eigenvalue weighted by Gasteiger charge is -2.35. The molecule has 0 radical (unpaired) electrons. The molecule has 1 saturated heterocycles. The Labute approximate surface area is 178 Å². The number of hydrogen-bond acceptors (Lipinski definition) is 5. The zero-order valence-corrected chi connectivity index (χ0v) is 18.2. The van der Waals surface area contributed by atoms with Crippen LogP contribution in [0.15, 0.2) is 47.7 Å². The first kappa shape index (κ1) is 22.3. The average molecular weight is 415 g/mol. The minimum atomic E-state index is -1.08. The van der Waals surface area contributed by atoms with Crippen molar-refractivity contribution in [3.05, 3.63) is 53.9 Å². The van der Waals surface area contributed by atoms with Gasteiger partial charge in [-0.05, 0) is 19.4 Å². The van der Waals surface area contributed by atoms with Gasteiger partial charge < -0.3 is 20.5 Å². The number of morpholine rings is 1. The minimum Gasteiger partial charge on any atom is -0.383 e. The monoisotopic (exact) mass is 414 g/mol. The number of ether oxygens (including phenoxy) is 1. The van der Waals surface area contributed by atoms with E-state index in [1.807, 2.05) is 26.2 Å². The number of nitrogens with one attached hydrogen (secondary N) is 2. The molecule has 0 spiro atoms. The predicted molar refractivity (Wildman–Crippen MR) is 118 cm³/mol. The first-order valence-corrected chi connectivity index (χ1v) is 10.6. The summed E-state index contributed by atoms with van der Waals surface area (Å²) in [6, 6.07) is 10.7. The van der Waals surface area contributed by atoms with Gasteiger partial charge in [-0.2, -0.15) is 5.10 Å². The smallest absolute Gasteiger partial charge is 0.191 e. The van der Waals surface area contributed by atoms with Gasteiger partial charge in [0.25, 0.3) is 0 Å². The quantitative estimate of drug-likeness (QED) is 0.445. The number of guanidine groups is 1. The molecule has 8 nitrogen and oxygen atoms in total. The number of benzene rings is 1. The maximum Gasteiger partial charge on any atom is 0.191 e. The van der Waals surface area contributed by atoms with Crippen molar-refractivity contribution in [3.8, 4) is 0 Å². The third-order valence-corrected chi connectivity index (χ3v) is 5.35. The maximum atomic E-state index is 10.8. The lowest BCUT2D eigenvalue weighted by Crippen LogP contribution is -2.46. The molecule has 1 aromatic heterocycles. The molecule has 30 heavy (non-hydrogen) atoms. The van der Waals surface area contributed by atoms with Crippen LogP contribution in [-0.4, -0.2) is 71.7 Å². The standard InChI is InChI=1S/C22H34N6O2/c1-4-23-21(25-17-22(2,29)19-14-26-27(3)16-19)24-15-20(18-8-6-5-7-9-18)28-10-12-30-13-11-28/h5-9,14,16,20,29H,4,10-13,15,17H2,1-3H3,(H2,23,24,25). The fraction of sp³-hybridized carbons (Fsp3) is 0.545. The number of aliphatic imine (C=N–C) groups is 1. The fourth-order valence-electron chi connectivity index (χ4n) is 3.58. The third-order valence-electron chi connectivity index (χ3n) is 5.35. The second kappa shape index (κ2) is 10.6. The highest BCUT2D eigenvalue weighted by atomic mass is 16.5. The van der Waals surface area contributed by atoms with E-state index in [1.165, 1.54) is 5.56 Å². The summed E-state index contributed by atoms with van der Waals surface area (Å²) < 4.78 is 7.22. The number of aliphatic hydroxyl groups is 1. The first-order chi connectivity index (χ1) is 14.5. The normalized spacial score (nSPS) is 18.6. The second-order valence-electron chi connectivity index (χ2n) is 7.83. The van der Waals surface area contributed by atoms with Crippen molar-refractivity contribution in [2.45, 2.75) is 25.5 Å². The van der Waals surface area contributed by atoms with Crippen LogP contribution in [0.3, 0.4) is 0 Å². The molecular weight excluding hydrogens is 380 g/mol. The predicted octanol–water partition coefficient (Wildman–Crippen LogP) is 1.26. The van der Waals surface area contributed by atoms with Crippen molar-refractivity contribution in [2.75, 3.05) is 45.9 Å². The van der Waals surface area contributed by atoms with E-state index in [9.17, 15) is 5.11 Å². The Balaban J connectivity index is 1.69. The molecule has 164 valence electrons. The number of nitrogens with zero attached hydrogens (tertiary/aromatic N) is 4. The molecule has 1 fully saturated rings. The van der Waals surface area contributed by atoms with Gasteiger partial charge in [0.15, 0.2) is 5.96 Å². The lowest BCUT2D eigenvalue weighted by molar-refractivity contribution is 0.0169. The summed E-state index contributed by atoms with van der Waals surface area (Å²) in [4.78, 5) is 7.09. The Bertz CT molecular complexity index is 799. The van der Waals surface area contributed by atoms with E-state index in [0.717, 1.165) is 38.4 Å². The van der Waals surface area contributed by atoms with Crippen molar-refractivity contribution in [1.29, 1.82) is 0 Å². The third kappa shape index (κ3) is 6.04. The SMILES string of the molecule is CCNC(=NCC(C)(O)c1cnn(C)c1)NCC(c1ccccc1)N1CCOCC1. The van der Waals surface area contributed by atoms with Crippen molar-refractivity contribution >= 4 is 5.96 Å². The highest BCUT2D eigenvalue weighted by molar-refractivity contribution is 5.79. The summed E-state index contributed by atoms with van der Waals surface area (Å²) in [6.07, 6.45) is 3.50. The van der Waals surface area contributed by atoms with Crippen LogP contribution < -0.4 is 10.6 Å². The molecule has 1 aliphatic heterocycles. The van der Waals surface area contributed by atoms with Gasteiger partial charge in [-0.25, -0.2) is 4.99 Å². The molecule has 0 bridgehead atoms. The molecule has 2 aromatic rings. The minimum absolute atomic E-state index is 0.220. The number of aromatic nitrogens is 2. The largest absolute Gasteiger partial charge is 0.383 e. The Hall–Kier alpha value is -2.42. The van der Waals surface area contributed by atoms with E-state index in [4.69, 9.17) is 4.74 Å². The molecule has 0 aliphatic carbocycles. The fourth-order valence-corrected chi connectivity index (χ4v) is 3.58. The van der Waals surface area contributed by atoms with Crippen molar-refractivity contribution in [1.82, 2.24) is 25.3 Å². The molecule has 1 aliphatic rings. The molecule has 3 N–H and O–H groups in total. The molecule has 2 atom stereocenters. The topological polar surface area (TPSA) is 86.9 Å². The average Bonchev–Trinajstić information content (AvgIpc) is 3.21. The van der Waals surface area contributed by atoms with E-state index < -0.39 is 5.60 Å². The summed E-state index contributed by atoms with van der Waals surface area (Å²) >= 11 is 0. The highest BCUT2D eigenvalue weighted by Crippen LogP contribution is 2.22. The van der Waals surface area contributed by atoms with Gasteiger partial charge in [-0.15, -0.1) is 0 Å². The van der Waals surface area contributed by atoms with Crippen LogP contribution >= 0.6 is 0 Å². The Morgan fingerprint density at radius 3 is 2.63 bits per heavy atom. The number of rotatable bonds is 8. The van der Waals surface area contributed by atoms with Crippen molar-refractivity contribution < 1.29 is 9.84 Å². The van der Waals surface area contributed by atoms with Crippen molar-refractivity contribution in [3.63, 3.8) is 0 Å². The molecular formula is C22H34N6O2. The summed E-state index contributed by atoms with van der Waals surface area (Å²) in [7, 11) is 1.84. The van der Waals surface area contributed by atoms with Crippen LogP contribution in [0.2, 0.25) is 0 Å². The Kier molecular flexibility index (Phi) is 7.84. The summed E-state index contributed by atoms with van der Waals surface area (Å²) in [5, 5.41) is 21.7. The Morgan fingerprint density at radius 2 is 2.00 bits per heavy atom. The van der Waals surface area contributed by atoms with Crippen LogP contribution in [0.5, 0.6) is 0 Å². The van der Waals surface area contributed by atoms with Gasteiger partial charge in [-0.3, -0.25) is 9.58 Å². The van der Waals surface area contributed by atoms with Crippen LogP contribution in [0.25, 0.3) is 0 Å². The second-order valence-corrected chi connectivity index (χ2v) is 7.83. The van der Waals surface area contributed by atoms with E-state index in [1.54, 1.807) is 17.8 Å². The van der Waals surface area contributed by atoms with Crippen molar-refractivity contribution in [2.24, 2.45) is 12.0 Å². The molecule has 1 aromatic carbocycles. The van der Waals surface area contributed by atoms with Crippen LogP contribution in [-0.2, 0) is 17.4 Å². The number of hydrogen-bond donors (Lipinski definition) is 3. The van der Waals surface area contributed by atoms with Crippen LogP contribution in [0.1, 0.15) is 31.0 Å². The summed E-state index contributed by atoms with van der Waals surface area (Å²) in [6.45, 7) is 8.82. The number of aryl methyl sites for hydroxylation is 1. The van der Waals surface area contributed by atoms with E-state index in [0.29, 0.717) is 12.5 Å². The molecule has 2 unspecified atom stereocenters. The van der Waals surface area contributed by atoms with E-state index >= 15 is 0 Å². The zero-order valence-electron chi connectivity index (χ0n) is 18.2. The van der Waals surface area contributed by atoms with Gasteiger partial charge in [0.05, 0.1) is 32.0 Å². The van der Waals surface area contributed by atoms with Crippen LogP contribution in [0.4, 0.5) is 0 Å². The molecule has 0 saturated carbocycles. The summed E-state index contributed by atoms with van der Waals surface area (Å²) in [5.74, 6) is 0.691. The summed E-state index contributed by atoms with van der Waals surface area (Å²) in [5.41, 5.74) is 0.935. The molecule has 8 heteroatoms. The molecule has 2 heterocycles. The molecule has 3 rings (SSSR count). The molecule has 0 amide bonds. The van der Waals surface area contributed by atoms with Crippen LogP contribution in [0, 0.1) is 0 Å². The van der Waals surface area contributed by atoms with E-state index in [-0.39, 0.29) is 12.6 Å². The zero-order chi connectivity index (χ0) is 21.4. The Morgan fingerprint density at radius 1 is 1.27 bits per heavy atom. The van der Waals surface area contributed by atoms with Gasteiger partial charge in [0.1, 0.15) is 5.60 Å². The van der Waals surface area contributed by atoms with Gasteiger partial charge in [0.2, 0.25) is 0 Å².